The highest BCUT2D eigenvalue weighted by Gasteiger charge is 2.19. The molecule has 1 heterocycles. The average molecular weight is 339 g/mol. The third kappa shape index (κ3) is 2.52. The van der Waals surface area contributed by atoms with Gasteiger partial charge in [0.15, 0.2) is 11.6 Å². The molecule has 1 unspecified atom stereocenters. The normalized spacial score (nSPS) is 12.8. The molecule has 0 amide bonds. The second-order valence-electron chi connectivity index (χ2n) is 3.39. The van der Waals surface area contributed by atoms with E-state index in [1.165, 1.54) is 23.5 Å². The quantitative estimate of drug-likeness (QED) is 0.858. The van der Waals surface area contributed by atoms with Crippen molar-refractivity contribution in [3.63, 3.8) is 0 Å². The molecule has 1 aromatic heterocycles. The van der Waals surface area contributed by atoms with E-state index in [0.29, 0.717) is 9.90 Å². The lowest BCUT2D eigenvalue weighted by Gasteiger charge is -2.11. The first-order chi connectivity index (χ1) is 8.00. The van der Waals surface area contributed by atoms with Crippen molar-refractivity contribution in [2.45, 2.75) is 6.04 Å². The molecule has 2 N–H and O–H groups in total. The Kier molecular flexibility index (Phi) is 3.82. The molecule has 0 aliphatic rings. The first kappa shape index (κ1) is 13.0. The molecule has 0 saturated carbocycles. The number of thiophene rings is 1. The fraction of sp³-hybridized carbons (Fsp3) is 0.0909. The predicted octanol–water partition coefficient (Wildman–Crippen LogP) is 4.49. The maximum Gasteiger partial charge on any atom is 0.163 e. The van der Waals surface area contributed by atoms with Crippen molar-refractivity contribution in [1.29, 1.82) is 0 Å². The second-order valence-corrected chi connectivity index (χ2v) is 6.20. The Morgan fingerprint density at radius 2 is 2.06 bits per heavy atom. The standard InChI is InChI=1S/C11H7BrClF2NS/c12-11-6(13)4-8(17-11)10(16)5-2-1-3-7(14)9(5)15/h1-4,10H,16H2. The Morgan fingerprint density at radius 1 is 1.35 bits per heavy atom. The first-order valence-corrected chi connectivity index (χ1v) is 6.63. The van der Waals surface area contributed by atoms with Gasteiger partial charge >= 0.3 is 0 Å². The maximum absolute atomic E-state index is 13.6. The average Bonchev–Trinajstić information content (AvgIpc) is 2.62. The van der Waals surface area contributed by atoms with E-state index in [0.717, 1.165) is 9.85 Å². The van der Waals surface area contributed by atoms with Crippen molar-refractivity contribution in [3.05, 3.63) is 55.1 Å². The molecule has 0 bridgehead atoms. The molecule has 0 spiro atoms. The molecule has 0 radical (unpaired) electrons. The van der Waals surface area contributed by atoms with Crippen LogP contribution in [0.5, 0.6) is 0 Å². The summed E-state index contributed by atoms with van der Waals surface area (Å²) in [5.41, 5.74) is 6.01. The van der Waals surface area contributed by atoms with Gasteiger partial charge in [-0.1, -0.05) is 23.7 Å². The van der Waals surface area contributed by atoms with E-state index in [-0.39, 0.29) is 5.56 Å². The Hall–Kier alpha value is -0.490. The lowest BCUT2D eigenvalue weighted by Crippen LogP contribution is -2.12. The molecule has 2 aromatic rings. The highest BCUT2D eigenvalue weighted by atomic mass is 79.9. The number of nitrogens with two attached hydrogens (primary N) is 1. The van der Waals surface area contributed by atoms with Gasteiger partial charge in [0.1, 0.15) is 0 Å². The van der Waals surface area contributed by atoms with E-state index in [9.17, 15) is 8.78 Å². The van der Waals surface area contributed by atoms with Crippen molar-refractivity contribution >= 4 is 38.9 Å². The van der Waals surface area contributed by atoms with Crippen LogP contribution < -0.4 is 5.73 Å². The summed E-state index contributed by atoms with van der Waals surface area (Å²) in [6.07, 6.45) is 0. The van der Waals surface area contributed by atoms with Crippen molar-refractivity contribution in [1.82, 2.24) is 0 Å². The summed E-state index contributed by atoms with van der Waals surface area (Å²) in [5, 5.41) is 0.511. The zero-order valence-electron chi connectivity index (χ0n) is 8.38. The molecule has 0 aliphatic heterocycles. The van der Waals surface area contributed by atoms with Crippen LogP contribution in [-0.4, -0.2) is 0 Å². The minimum Gasteiger partial charge on any atom is -0.320 e. The van der Waals surface area contributed by atoms with E-state index in [4.69, 9.17) is 17.3 Å². The van der Waals surface area contributed by atoms with Gasteiger partial charge in [0, 0.05) is 10.4 Å². The van der Waals surface area contributed by atoms with Crippen molar-refractivity contribution in [2.75, 3.05) is 0 Å². The number of hydrogen-bond acceptors (Lipinski definition) is 2. The molecule has 0 aliphatic carbocycles. The minimum atomic E-state index is -0.916. The number of benzene rings is 1. The third-order valence-corrected chi connectivity index (χ3v) is 4.85. The molecular weight excluding hydrogens is 332 g/mol. The van der Waals surface area contributed by atoms with Gasteiger partial charge < -0.3 is 5.73 Å². The molecule has 2 rings (SSSR count). The van der Waals surface area contributed by atoms with Crippen molar-refractivity contribution in [2.24, 2.45) is 5.73 Å². The van der Waals surface area contributed by atoms with Crippen LogP contribution in [0.3, 0.4) is 0 Å². The Labute approximate surface area is 114 Å². The molecule has 17 heavy (non-hydrogen) atoms. The van der Waals surface area contributed by atoms with E-state index in [2.05, 4.69) is 15.9 Å². The van der Waals surface area contributed by atoms with Gasteiger partial charge in [-0.3, -0.25) is 0 Å². The van der Waals surface area contributed by atoms with E-state index in [1.807, 2.05) is 0 Å². The summed E-state index contributed by atoms with van der Waals surface area (Å²) in [7, 11) is 0. The van der Waals surface area contributed by atoms with Gasteiger partial charge in [0.25, 0.3) is 0 Å². The fourth-order valence-electron chi connectivity index (χ4n) is 1.43. The first-order valence-electron chi connectivity index (χ1n) is 4.65. The molecule has 0 saturated heterocycles. The summed E-state index contributed by atoms with van der Waals surface area (Å²) in [6.45, 7) is 0. The maximum atomic E-state index is 13.6. The van der Waals surface area contributed by atoms with Gasteiger partial charge in [-0.25, -0.2) is 8.78 Å². The molecule has 0 fully saturated rings. The zero-order chi connectivity index (χ0) is 12.6. The number of rotatable bonds is 2. The largest absolute Gasteiger partial charge is 0.320 e. The molecule has 1 aromatic carbocycles. The van der Waals surface area contributed by atoms with Crippen molar-refractivity contribution in [3.8, 4) is 0 Å². The van der Waals surface area contributed by atoms with Crippen LogP contribution in [0.15, 0.2) is 28.1 Å². The highest BCUT2D eigenvalue weighted by molar-refractivity contribution is 9.11. The van der Waals surface area contributed by atoms with Crippen LogP contribution in [0, 0.1) is 11.6 Å². The number of hydrogen-bond donors (Lipinski definition) is 1. The molecule has 1 atom stereocenters. The lowest BCUT2D eigenvalue weighted by molar-refractivity contribution is 0.495. The predicted molar refractivity (Wildman–Crippen MR) is 69.4 cm³/mol. The molecule has 90 valence electrons. The topological polar surface area (TPSA) is 26.0 Å². The van der Waals surface area contributed by atoms with Crippen LogP contribution in [-0.2, 0) is 0 Å². The van der Waals surface area contributed by atoms with Gasteiger partial charge in [-0.15, -0.1) is 11.3 Å². The molecule has 6 heteroatoms. The van der Waals surface area contributed by atoms with Gasteiger partial charge in [-0.2, -0.15) is 0 Å². The lowest BCUT2D eigenvalue weighted by atomic mass is 10.1. The minimum absolute atomic E-state index is 0.121. The summed E-state index contributed by atoms with van der Waals surface area (Å²) < 4.78 is 27.4. The van der Waals surface area contributed by atoms with E-state index >= 15 is 0 Å². The van der Waals surface area contributed by atoms with Gasteiger partial charge in [0.2, 0.25) is 0 Å². The Bertz CT molecular complexity index is 539. The Balaban J connectivity index is 2.43. The summed E-state index contributed by atoms with van der Waals surface area (Å²) >= 11 is 10.4. The second kappa shape index (κ2) is 5.02. The fourth-order valence-corrected chi connectivity index (χ4v) is 3.20. The van der Waals surface area contributed by atoms with Crippen LogP contribution in [0.2, 0.25) is 5.02 Å². The van der Waals surface area contributed by atoms with Gasteiger partial charge in [-0.05, 0) is 28.1 Å². The monoisotopic (exact) mass is 337 g/mol. The summed E-state index contributed by atoms with van der Waals surface area (Å²) in [4.78, 5) is 0.673. The van der Waals surface area contributed by atoms with Crippen LogP contribution in [0.25, 0.3) is 0 Å². The summed E-state index contributed by atoms with van der Waals surface area (Å²) in [6, 6.07) is 4.87. The smallest absolute Gasteiger partial charge is 0.163 e. The third-order valence-electron chi connectivity index (χ3n) is 2.29. The molecule has 1 nitrogen and oxygen atoms in total. The molecular formula is C11H7BrClF2NS. The van der Waals surface area contributed by atoms with Crippen LogP contribution >= 0.6 is 38.9 Å². The number of halogens is 4. The highest BCUT2D eigenvalue weighted by Crippen LogP contribution is 2.37. The van der Waals surface area contributed by atoms with E-state index in [1.54, 1.807) is 6.07 Å². The van der Waals surface area contributed by atoms with Crippen LogP contribution in [0.1, 0.15) is 16.5 Å². The zero-order valence-corrected chi connectivity index (χ0v) is 11.5. The SMILES string of the molecule is NC(c1cc(Cl)c(Br)s1)c1cccc(F)c1F. The summed E-state index contributed by atoms with van der Waals surface area (Å²) in [5.74, 6) is -1.82. The van der Waals surface area contributed by atoms with Gasteiger partial charge in [0.05, 0.1) is 14.9 Å². The Morgan fingerprint density at radius 3 is 2.65 bits per heavy atom. The van der Waals surface area contributed by atoms with Crippen molar-refractivity contribution < 1.29 is 8.78 Å². The van der Waals surface area contributed by atoms with E-state index < -0.39 is 17.7 Å². The van der Waals surface area contributed by atoms with Crippen LogP contribution in [0.4, 0.5) is 8.78 Å².